The molecule has 4 N–H and O–H groups in total. The second-order valence-electron chi connectivity index (χ2n) is 18.9. The van der Waals surface area contributed by atoms with Crippen molar-refractivity contribution in [1.82, 2.24) is 40.4 Å². The van der Waals surface area contributed by atoms with Gasteiger partial charge in [0.15, 0.2) is 0 Å². The number of hydrogen-bond acceptors (Lipinski definition) is 9. The number of carbonyl (C=O) groups is 4. The van der Waals surface area contributed by atoms with E-state index in [4.69, 9.17) is 19.4 Å². The van der Waals surface area contributed by atoms with Gasteiger partial charge in [-0.15, -0.1) is 0 Å². The van der Waals surface area contributed by atoms with Crippen molar-refractivity contribution in [3.05, 3.63) is 88.8 Å². The molecule has 0 spiro atoms. The Labute approximate surface area is 378 Å². The van der Waals surface area contributed by atoms with Crippen molar-refractivity contribution in [2.45, 2.75) is 121 Å². The van der Waals surface area contributed by atoms with Gasteiger partial charge in [-0.3, -0.25) is 9.59 Å². The van der Waals surface area contributed by atoms with E-state index in [0.29, 0.717) is 24.7 Å². The zero-order chi connectivity index (χ0) is 45.7. The van der Waals surface area contributed by atoms with E-state index < -0.39 is 24.3 Å². The maximum atomic E-state index is 15.9. The number of aromatic amines is 2. The molecule has 65 heavy (non-hydrogen) atoms. The molecule has 1 aliphatic carbocycles. The summed E-state index contributed by atoms with van der Waals surface area (Å²) in [6, 6.07) is 16.1. The number of hydrogen-bond donors (Lipinski definition) is 4. The van der Waals surface area contributed by atoms with Crippen molar-refractivity contribution >= 4 is 51.8 Å². The Balaban J connectivity index is 1.01. The number of imidazole rings is 2. The minimum absolute atomic E-state index is 0.0818. The molecule has 1 saturated carbocycles. The Morgan fingerprint density at radius 1 is 0.646 bits per heavy atom. The van der Waals surface area contributed by atoms with E-state index in [0.717, 1.165) is 95.8 Å². The molecule has 2 aromatic heterocycles. The smallest absolute Gasteiger partial charge is 0.407 e. The molecule has 0 radical (unpaired) electrons. The number of ether oxygens (including phenoxy) is 2. The summed E-state index contributed by atoms with van der Waals surface area (Å²) in [5.41, 5.74) is 7.03. The van der Waals surface area contributed by atoms with Crippen LogP contribution < -0.4 is 15.5 Å². The van der Waals surface area contributed by atoms with E-state index in [2.05, 4.69) is 55.8 Å². The number of fused-ring (bicyclic) bond motifs is 2. The molecule has 0 bridgehead atoms. The minimum Gasteiger partial charge on any atom is -0.453 e. The van der Waals surface area contributed by atoms with Crippen LogP contribution in [-0.4, -0.2) is 93.1 Å². The number of anilines is 1. The third-order valence-corrected chi connectivity index (χ3v) is 14.0. The number of aromatic nitrogens is 4. The summed E-state index contributed by atoms with van der Waals surface area (Å²) in [7, 11) is 2.58. The molecular weight excluding hydrogens is 830 g/mol. The maximum Gasteiger partial charge on any atom is 0.407 e. The summed E-state index contributed by atoms with van der Waals surface area (Å²) in [6.07, 6.45) is 5.49. The molecule has 4 fully saturated rings. The zero-order valence-corrected chi connectivity index (χ0v) is 38.0. The molecule has 15 nitrogen and oxygen atoms in total. The Morgan fingerprint density at radius 3 is 1.54 bits per heavy atom. The standard InChI is InChI=1S/C49H60FN9O6/c1-26(2)42(55-48(62)64-5)46(60)57-21-7-9-40(57)44-51-34-17-13-29(23-36(34)53-44)38-19-20-39(59(38)31-15-16-32(28-11-12-28)33(50)25-31)30-14-18-35-37(24-30)54-45(52-35)41-10-8-22-58(41)47(61)43(27(3)4)56-49(63)65-6/h13-18,23-28,38-43H,7-12,19-22H2,1-6H3,(H,51,53)(H,52,54)(H,55,62)(H,56,63). The van der Waals surface area contributed by atoms with Gasteiger partial charge < -0.3 is 44.8 Å². The minimum atomic E-state index is -0.728. The lowest BCUT2D eigenvalue weighted by Crippen LogP contribution is -2.51. The normalized spacial score (nSPS) is 22.0. The first-order chi connectivity index (χ1) is 31.3. The average Bonchev–Trinajstić information content (AvgIpc) is 3.85. The molecule has 3 aromatic carbocycles. The third-order valence-electron chi connectivity index (χ3n) is 14.0. The number of carbonyl (C=O) groups excluding carboxylic acids is 4. The van der Waals surface area contributed by atoms with Crippen LogP contribution in [0.2, 0.25) is 0 Å². The van der Waals surface area contributed by atoms with Gasteiger partial charge in [-0.2, -0.15) is 0 Å². The van der Waals surface area contributed by atoms with E-state index in [9.17, 15) is 19.2 Å². The fourth-order valence-electron chi connectivity index (χ4n) is 10.4. The van der Waals surface area contributed by atoms with Crippen LogP contribution in [0.5, 0.6) is 0 Å². The molecule has 16 heteroatoms. The number of methoxy groups -OCH3 is 2. The van der Waals surface area contributed by atoms with Gasteiger partial charge in [0, 0.05) is 18.8 Å². The van der Waals surface area contributed by atoms with Crippen LogP contribution in [0.3, 0.4) is 0 Å². The van der Waals surface area contributed by atoms with Crippen LogP contribution in [0.25, 0.3) is 22.1 Å². The Bertz CT molecular complexity index is 2460. The van der Waals surface area contributed by atoms with E-state index in [-0.39, 0.29) is 59.6 Å². The highest BCUT2D eigenvalue weighted by Crippen LogP contribution is 2.49. The summed E-state index contributed by atoms with van der Waals surface area (Å²) >= 11 is 0. The van der Waals surface area contributed by atoms with Crippen molar-refractivity contribution in [2.75, 3.05) is 32.2 Å². The van der Waals surface area contributed by atoms with Crippen LogP contribution in [0.15, 0.2) is 54.6 Å². The summed E-state index contributed by atoms with van der Waals surface area (Å²) in [6.45, 7) is 8.73. The van der Waals surface area contributed by atoms with Crippen molar-refractivity contribution in [3.8, 4) is 0 Å². The lowest BCUT2D eigenvalue weighted by atomic mass is 10.0. The van der Waals surface area contributed by atoms with Gasteiger partial charge in [-0.1, -0.05) is 45.9 Å². The monoisotopic (exact) mass is 889 g/mol. The van der Waals surface area contributed by atoms with Crippen molar-refractivity contribution in [2.24, 2.45) is 11.8 Å². The lowest BCUT2D eigenvalue weighted by molar-refractivity contribution is -0.136. The Morgan fingerprint density at radius 2 is 1.12 bits per heavy atom. The molecule has 6 atom stereocenters. The highest BCUT2D eigenvalue weighted by Gasteiger charge is 2.41. The number of likely N-dealkylation sites (tertiary alicyclic amines) is 2. The summed E-state index contributed by atoms with van der Waals surface area (Å²) in [5, 5.41) is 5.45. The Kier molecular flexibility index (Phi) is 12.2. The first kappa shape index (κ1) is 44.0. The van der Waals surface area contributed by atoms with E-state index in [1.807, 2.05) is 55.7 Å². The molecule has 3 saturated heterocycles. The topological polar surface area (TPSA) is 178 Å². The van der Waals surface area contributed by atoms with Gasteiger partial charge in [0.05, 0.1) is 60.5 Å². The molecule has 9 rings (SSSR count). The van der Waals surface area contributed by atoms with Crippen molar-refractivity contribution in [1.29, 1.82) is 0 Å². The average molecular weight is 890 g/mol. The quantitative estimate of drug-likeness (QED) is 0.0955. The van der Waals surface area contributed by atoms with Crippen LogP contribution in [0.1, 0.15) is 137 Å². The number of benzene rings is 3. The van der Waals surface area contributed by atoms with Crippen LogP contribution in [0.4, 0.5) is 19.7 Å². The van der Waals surface area contributed by atoms with Crippen molar-refractivity contribution < 1.29 is 33.0 Å². The number of halogens is 1. The van der Waals surface area contributed by atoms with E-state index in [1.54, 1.807) is 6.07 Å². The number of alkyl carbamates (subject to hydrolysis) is 2. The third kappa shape index (κ3) is 8.59. The highest BCUT2D eigenvalue weighted by atomic mass is 19.1. The molecule has 6 unspecified atom stereocenters. The molecular formula is C49H60FN9O6. The first-order valence-electron chi connectivity index (χ1n) is 23.2. The molecule has 344 valence electrons. The van der Waals surface area contributed by atoms with E-state index in [1.165, 1.54) is 14.2 Å². The largest absolute Gasteiger partial charge is 0.453 e. The molecule has 5 aromatic rings. The zero-order valence-electron chi connectivity index (χ0n) is 38.0. The van der Waals surface area contributed by atoms with Crippen LogP contribution in [0, 0.1) is 17.7 Å². The summed E-state index contributed by atoms with van der Waals surface area (Å²) < 4.78 is 25.6. The van der Waals surface area contributed by atoms with Gasteiger partial charge in [-0.05, 0) is 122 Å². The van der Waals surface area contributed by atoms with Crippen molar-refractivity contribution in [3.63, 3.8) is 0 Å². The van der Waals surface area contributed by atoms with E-state index >= 15 is 4.39 Å². The van der Waals surface area contributed by atoms with Gasteiger partial charge in [0.2, 0.25) is 11.8 Å². The van der Waals surface area contributed by atoms with Gasteiger partial charge in [0.1, 0.15) is 29.5 Å². The second kappa shape index (κ2) is 18.0. The van der Waals surface area contributed by atoms with Gasteiger partial charge >= 0.3 is 12.2 Å². The SMILES string of the molecule is COC(=O)NC(C(=O)N1CCCC1c1nc2ccc(C3CCC(c4ccc5nc(C6CCCN6C(=O)C(NC(=O)OC)C(C)C)[nH]c5c4)N3c3ccc(C4CC4)c(F)c3)cc2[nH]1)C(C)C. The summed E-state index contributed by atoms with van der Waals surface area (Å²) in [5.74, 6) is 0.914. The fourth-order valence-corrected chi connectivity index (χ4v) is 10.4. The van der Waals surface area contributed by atoms with Gasteiger partial charge in [0.25, 0.3) is 0 Å². The predicted molar refractivity (Wildman–Crippen MR) is 243 cm³/mol. The van der Waals surface area contributed by atoms with Crippen LogP contribution in [-0.2, 0) is 19.1 Å². The highest BCUT2D eigenvalue weighted by molar-refractivity contribution is 5.87. The predicted octanol–water partition coefficient (Wildman–Crippen LogP) is 8.63. The second-order valence-corrected chi connectivity index (χ2v) is 18.9. The fraction of sp³-hybridized carbons (Fsp3) is 0.510. The summed E-state index contributed by atoms with van der Waals surface area (Å²) in [4.78, 5) is 75.1. The molecule has 5 heterocycles. The number of nitrogens with zero attached hydrogens (tertiary/aromatic N) is 5. The van der Waals surface area contributed by atoms with Gasteiger partial charge in [-0.25, -0.2) is 23.9 Å². The number of nitrogens with one attached hydrogen (secondary N) is 4. The lowest BCUT2D eigenvalue weighted by Gasteiger charge is -2.33. The number of rotatable bonds is 12. The maximum absolute atomic E-state index is 15.9. The first-order valence-corrected chi connectivity index (χ1v) is 23.2. The molecule has 4 amide bonds. The Hall–Kier alpha value is -6.19. The number of H-pyrrole nitrogens is 2. The van der Waals surface area contributed by atoms with Crippen LogP contribution >= 0.6 is 0 Å². The molecule has 3 aliphatic heterocycles. The number of amides is 4. The molecule has 4 aliphatic rings.